The van der Waals surface area contributed by atoms with Gasteiger partial charge in [-0.05, 0) is 29.0 Å². The second-order valence-corrected chi connectivity index (χ2v) is 4.38. The molecule has 96 valence electrons. The minimum Gasteiger partial charge on any atom is -0.457 e. The Bertz CT molecular complexity index is 354. The fraction of sp³-hybridized carbons (Fsp3) is 0.545. The zero-order valence-electron chi connectivity index (χ0n) is 10.0. The Morgan fingerprint density at radius 2 is 2.35 bits per heavy atom. The zero-order valence-corrected chi connectivity index (χ0v) is 11.6. The van der Waals surface area contributed by atoms with E-state index in [1.54, 1.807) is 13.2 Å². The van der Waals surface area contributed by atoms with Crippen molar-refractivity contribution in [3.63, 3.8) is 0 Å². The van der Waals surface area contributed by atoms with Crippen LogP contribution < -0.4 is 5.32 Å². The summed E-state index contributed by atoms with van der Waals surface area (Å²) in [6.45, 7) is 2.92. The monoisotopic (exact) mass is 304 g/mol. The number of hydrogen-bond donors (Lipinski definition) is 1. The molecule has 0 aliphatic rings. The van der Waals surface area contributed by atoms with Crippen LogP contribution in [0.1, 0.15) is 10.4 Å². The number of carbonyl (C=O) groups excluding carboxylic acids is 1. The van der Waals surface area contributed by atoms with Crippen molar-refractivity contribution in [1.29, 1.82) is 0 Å². The molecule has 1 rings (SSSR count). The zero-order chi connectivity index (χ0) is 12.7. The first kappa shape index (κ1) is 14.2. The third kappa shape index (κ3) is 4.89. The van der Waals surface area contributed by atoms with Gasteiger partial charge in [0.05, 0.1) is 18.4 Å². The summed E-state index contributed by atoms with van der Waals surface area (Å²) in [5.74, 6) is -0.134. The molecule has 0 radical (unpaired) electrons. The minimum absolute atomic E-state index is 0.134. The standard InChI is InChI=1S/C11H17BrN2O3/c1-14(6-8-16-2)5-4-13-11(15)9-3-7-17-10(9)12/h3,7H,4-6,8H2,1-2H3,(H,13,15). The van der Waals surface area contributed by atoms with E-state index in [2.05, 4.69) is 26.1 Å². The molecule has 1 amide bonds. The van der Waals surface area contributed by atoms with Crippen molar-refractivity contribution >= 4 is 21.8 Å². The van der Waals surface area contributed by atoms with Gasteiger partial charge in [-0.15, -0.1) is 0 Å². The number of carbonyl (C=O) groups is 1. The van der Waals surface area contributed by atoms with Gasteiger partial charge in [-0.25, -0.2) is 0 Å². The Morgan fingerprint density at radius 3 is 2.94 bits per heavy atom. The third-order valence-corrected chi connectivity index (χ3v) is 2.93. The summed E-state index contributed by atoms with van der Waals surface area (Å²) in [5.41, 5.74) is 0.518. The number of furan rings is 1. The van der Waals surface area contributed by atoms with Crippen LogP contribution in [0.4, 0.5) is 0 Å². The normalized spacial score (nSPS) is 10.8. The number of nitrogens with zero attached hydrogens (tertiary/aromatic N) is 1. The first-order valence-corrected chi connectivity index (χ1v) is 6.13. The Morgan fingerprint density at radius 1 is 1.59 bits per heavy atom. The molecule has 0 aliphatic heterocycles. The van der Waals surface area contributed by atoms with Crippen molar-refractivity contribution in [2.45, 2.75) is 0 Å². The van der Waals surface area contributed by atoms with Crippen LogP contribution in [0.25, 0.3) is 0 Å². The molecule has 1 aromatic rings. The van der Waals surface area contributed by atoms with Gasteiger partial charge in [0.2, 0.25) is 0 Å². The predicted octanol–water partition coefficient (Wildman–Crippen LogP) is 1.35. The number of halogens is 1. The highest BCUT2D eigenvalue weighted by atomic mass is 79.9. The number of amides is 1. The number of hydrogen-bond acceptors (Lipinski definition) is 4. The van der Waals surface area contributed by atoms with Crippen LogP contribution in [0, 0.1) is 0 Å². The maximum absolute atomic E-state index is 11.7. The molecular formula is C11H17BrN2O3. The summed E-state index contributed by atoms with van der Waals surface area (Å²) in [5, 5.41) is 2.82. The van der Waals surface area contributed by atoms with Crippen molar-refractivity contribution in [3.8, 4) is 0 Å². The summed E-state index contributed by atoms with van der Waals surface area (Å²) in [6, 6.07) is 1.63. The van der Waals surface area contributed by atoms with E-state index >= 15 is 0 Å². The van der Waals surface area contributed by atoms with Gasteiger partial charge in [0, 0.05) is 26.7 Å². The number of likely N-dealkylation sites (N-methyl/N-ethyl adjacent to an activating group) is 1. The average Bonchev–Trinajstić information content (AvgIpc) is 2.72. The Hall–Kier alpha value is -0.850. The second-order valence-electron chi connectivity index (χ2n) is 3.66. The van der Waals surface area contributed by atoms with Crippen LogP contribution in [0.2, 0.25) is 0 Å². The summed E-state index contributed by atoms with van der Waals surface area (Å²) in [4.78, 5) is 13.8. The summed E-state index contributed by atoms with van der Waals surface area (Å²) in [7, 11) is 3.66. The molecular weight excluding hydrogens is 288 g/mol. The van der Waals surface area contributed by atoms with Crippen molar-refractivity contribution in [2.24, 2.45) is 0 Å². The van der Waals surface area contributed by atoms with Gasteiger partial charge in [0.15, 0.2) is 4.67 Å². The number of nitrogens with one attached hydrogen (secondary N) is 1. The molecule has 0 bridgehead atoms. The van der Waals surface area contributed by atoms with E-state index < -0.39 is 0 Å². The van der Waals surface area contributed by atoms with Crippen molar-refractivity contribution in [1.82, 2.24) is 10.2 Å². The van der Waals surface area contributed by atoms with Crippen LogP contribution in [-0.4, -0.2) is 51.2 Å². The quantitative estimate of drug-likeness (QED) is 0.826. The Labute approximate surface area is 109 Å². The van der Waals surface area contributed by atoms with E-state index in [9.17, 15) is 4.79 Å². The van der Waals surface area contributed by atoms with Crippen LogP contribution in [0.3, 0.4) is 0 Å². The van der Waals surface area contributed by atoms with Gasteiger partial charge in [-0.1, -0.05) is 0 Å². The van der Waals surface area contributed by atoms with Gasteiger partial charge in [0.1, 0.15) is 0 Å². The SMILES string of the molecule is COCCN(C)CCNC(=O)c1ccoc1Br. The van der Waals surface area contributed by atoms with Crippen LogP contribution in [-0.2, 0) is 4.74 Å². The van der Waals surface area contributed by atoms with E-state index in [1.165, 1.54) is 6.26 Å². The second kappa shape index (κ2) is 7.47. The largest absolute Gasteiger partial charge is 0.457 e. The van der Waals surface area contributed by atoms with Gasteiger partial charge < -0.3 is 19.4 Å². The van der Waals surface area contributed by atoms with Crippen molar-refractivity contribution in [3.05, 3.63) is 22.6 Å². The highest BCUT2D eigenvalue weighted by Gasteiger charge is 2.11. The van der Waals surface area contributed by atoms with Crippen LogP contribution >= 0.6 is 15.9 Å². The molecule has 0 unspecified atom stereocenters. The first-order chi connectivity index (χ1) is 8.15. The lowest BCUT2D eigenvalue weighted by Gasteiger charge is -2.15. The van der Waals surface area contributed by atoms with E-state index in [-0.39, 0.29) is 5.91 Å². The van der Waals surface area contributed by atoms with E-state index in [0.29, 0.717) is 23.4 Å². The third-order valence-electron chi connectivity index (χ3n) is 2.32. The van der Waals surface area contributed by atoms with E-state index in [1.807, 2.05) is 7.05 Å². The van der Waals surface area contributed by atoms with Crippen molar-refractivity contribution < 1.29 is 13.9 Å². The molecule has 6 heteroatoms. The van der Waals surface area contributed by atoms with Crippen LogP contribution in [0.5, 0.6) is 0 Å². The Balaban J connectivity index is 2.23. The summed E-state index contributed by atoms with van der Waals surface area (Å²) < 4.78 is 10.4. The molecule has 0 saturated heterocycles. The lowest BCUT2D eigenvalue weighted by molar-refractivity contribution is 0.0946. The molecule has 1 heterocycles. The maximum atomic E-state index is 11.7. The topological polar surface area (TPSA) is 54.7 Å². The predicted molar refractivity (Wildman–Crippen MR) is 68.1 cm³/mol. The molecule has 0 aromatic carbocycles. The number of methoxy groups -OCH3 is 1. The maximum Gasteiger partial charge on any atom is 0.255 e. The fourth-order valence-electron chi connectivity index (χ4n) is 1.27. The average molecular weight is 305 g/mol. The molecule has 0 saturated carbocycles. The summed E-state index contributed by atoms with van der Waals surface area (Å²) >= 11 is 3.17. The molecule has 1 aromatic heterocycles. The lowest BCUT2D eigenvalue weighted by atomic mass is 10.3. The molecule has 0 atom stereocenters. The van der Waals surface area contributed by atoms with Gasteiger partial charge in [0.25, 0.3) is 5.91 Å². The molecule has 1 N–H and O–H groups in total. The molecule has 0 aliphatic carbocycles. The molecule has 0 fully saturated rings. The molecule has 5 nitrogen and oxygen atoms in total. The van der Waals surface area contributed by atoms with Gasteiger partial charge >= 0.3 is 0 Å². The van der Waals surface area contributed by atoms with Crippen molar-refractivity contribution in [2.75, 3.05) is 40.4 Å². The Kier molecular flexibility index (Phi) is 6.25. The van der Waals surface area contributed by atoms with Gasteiger partial charge in [-0.3, -0.25) is 4.79 Å². The number of rotatable bonds is 7. The highest BCUT2D eigenvalue weighted by Crippen LogP contribution is 2.16. The summed E-state index contributed by atoms with van der Waals surface area (Å²) in [6.07, 6.45) is 1.48. The first-order valence-electron chi connectivity index (χ1n) is 5.34. The van der Waals surface area contributed by atoms with Crippen LogP contribution in [0.15, 0.2) is 21.4 Å². The minimum atomic E-state index is -0.134. The molecule has 17 heavy (non-hydrogen) atoms. The molecule has 0 spiro atoms. The lowest BCUT2D eigenvalue weighted by Crippen LogP contribution is -2.34. The highest BCUT2D eigenvalue weighted by molar-refractivity contribution is 9.10. The van der Waals surface area contributed by atoms with E-state index in [0.717, 1.165) is 13.1 Å². The fourth-order valence-corrected chi connectivity index (χ4v) is 1.69. The van der Waals surface area contributed by atoms with Gasteiger partial charge in [-0.2, -0.15) is 0 Å². The van der Waals surface area contributed by atoms with E-state index in [4.69, 9.17) is 9.15 Å². The smallest absolute Gasteiger partial charge is 0.255 e. The number of ether oxygens (including phenoxy) is 1.